The number of aliphatic hydroxyl groups excluding tert-OH is 3. The van der Waals surface area contributed by atoms with Gasteiger partial charge in [-0.3, -0.25) is 9.29 Å². The van der Waals surface area contributed by atoms with Gasteiger partial charge in [0.1, 0.15) is 24.7 Å². The monoisotopic (exact) mass is 294 g/mol. The van der Waals surface area contributed by atoms with Gasteiger partial charge in [0.15, 0.2) is 0 Å². The van der Waals surface area contributed by atoms with Crippen molar-refractivity contribution in [3.05, 3.63) is 12.3 Å². The van der Waals surface area contributed by atoms with E-state index in [9.17, 15) is 28.9 Å². The number of carbonyl (C=O) groups excluding carboxylic acids is 1. The minimum absolute atomic E-state index is 0.775. The Morgan fingerprint density at radius 3 is 2.65 bits per heavy atom. The Balaban J connectivity index is 2.27. The Morgan fingerprint density at radius 1 is 1.45 bits per heavy atom. The molecule has 0 aliphatic carbocycles. The molecule has 114 valence electrons. The van der Waals surface area contributed by atoms with Gasteiger partial charge in [0.05, 0.1) is 25.3 Å². The third-order valence-corrected chi connectivity index (χ3v) is 3.55. The molecule has 2 rings (SSSR count). The van der Waals surface area contributed by atoms with Crippen LogP contribution in [0.3, 0.4) is 0 Å². The lowest BCUT2D eigenvalue weighted by Crippen LogP contribution is -2.52. The van der Waals surface area contributed by atoms with Gasteiger partial charge in [0.2, 0.25) is 0 Å². The molecule has 2 heterocycles. The van der Waals surface area contributed by atoms with E-state index in [1.807, 2.05) is 0 Å². The van der Waals surface area contributed by atoms with Gasteiger partial charge < -0.3 is 25.4 Å². The summed E-state index contributed by atoms with van der Waals surface area (Å²) in [6, 6.07) is -0.775. The molecule has 0 bridgehead atoms. The summed E-state index contributed by atoms with van der Waals surface area (Å²) < 4.78 is 31.4. The maximum absolute atomic E-state index is 13.1. The van der Waals surface area contributed by atoms with Gasteiger partial charge in [-0.15, -0.1) is 0 Å². The maximum atomic E-state index is 13.1. The number of alkyl halides is 2. The van der Waals surface area contributed by atoms with Crippen LogP contribution in [0, 0.1) is 5.92 Å². The molecule has 9 heteroatoms. The smallest absolute Gasteiger partial charge is 0.325 e. The highest BCUT2D eigenvalue weighted by molar-refractivity contribution is 5.77. The largest absolute Gasteiger partial charge is 0.393 e. The summed E-state index contributed by atoms with van der Waals surface area (Å²) in [4.78, 5) is 12.6. The van der Waals surface area contributed by atoms with Crippen LogP contribution in [0.25, 0.3) is 0 Å². The number of nitrogens with one attached hydrogen (secondary N) is 1. The van der Waals surface area contributed by atoms with Gasteiger partial charge in [-0.25, -0.2) is 9.18 Å². The van der Waals surface area contributed by atoms with E-state index >= 15 is 0 Å². The van der Waals surface area contributed by atoms with Gasteiger partial charge in [0, 0.05) is 6.20 Å². The second kappa shape index (κ2) is 5.60. The average Bonchev–Trinajstić information content (AvgIpc) is 2.71. The van der Waals surface area contributed by atoms with Crippen LogP contribution in [0.2, 0.25) is 0 Å². The lowest BCUT2D eigenvalue weighted by atomic mass is 9.91. The second-order valence-corrected chi connectivity index (χ2v) is 4.77. The molecule has 0 spiro atoms. The summed E-state index contributed by atoms with van der Waals surface area (Å²) in [5.74, 6) is -1.21. The van der Waals surface area contributed by atoms with Crippen molar-refractivity contribution in [2.75, 3.05) is 20.0 Å². The quantitative estimate of drug-likeness (QED) is 0.524. The van der Waals surface area contributed by atoms with Crippen LogP contribution in [0.4, 0.5) is 13.6 Å². The standard InChI is InChI=1S/C11H16F2N2O5/c12-3-6-8(18)11(4-13,5-16)20-9(6)15-2-1-7(17)14-10(15)19/h1-2,6-9,16-18H,3-5H2,(H,14,19)/t6-,7?,8-,9+,11+/m0/s1. The topological polar surface area (TPSA) is 102 Å². The zero-order chi connectivity index (χ0) is 14.9. The average molecular weight is 294 g/mol. The van der Waals surface area contributed by atoms with Gasteiger partial charge in [-0.05, 0) is 6.08 Å². The molecule has 1 fully saturated rings. The highest BCUT2D eigenvalue weighted by atomic mass is 19.1. The number of rotatable bonds is 4. The number of hydrogen-bond acceptors (Lipinski definition) is 5. The van der Waals surface area contributed by atoms with Crippen molar-refractivity contribution >= 4 is 6.03 Å². The zero-order valence-corrected chi connectivity index (χ0v) is 10.4. The number of halogens is 2. The molecular weight excluding hydrogens is 278 g/mol. The number of aliphatic hydroxyl groups is 3. The van der Waals surface area contributed by atoms with Gasteiger partial charge >= 0.3 is 6.03 Å². The molecule has 0 aromatic rings. The maximum Gasteiger partial charge on any atom is 0.325 e. The first-order valence-corrected chi connectivity index (χ1v) is 6.03. The minimum atomic E-state index is -1.95. The van der Waals surface area contributed by atoms with Crippen LogP contribution in [0.15, 0.2) is 12.3 Å². The lowest BCUT2D eigenvalue weighted by Gasteiger charge is -2.32. The summed E-state index contributed by atoms with van der Waals surface area (Å²) in [6.07, 6.45) is -1.68. The molecule has 2 amide bonds. The molecule has 1 saturated heterocycles. The van der Waals surface area contributed by atoms with Gasteiger partial charge in [0.25, 0.3) is 0 Å². The molecule has 0 saturated carbocycles. The molecule has 2 aliphatic heterocycles. The van der Waals surface area contributed by atoms with Crippen molar-refractivity contribution in [1.82, 2.24) is 10.2 Å². The van der Waals surface area contributed by atoms with E-state index in [1.54, 1.807) is 0 Å². The SMILES string of the molecule is O=C1NC(O)C=CN1[C@@H]1O[C@@](CO)(CF)[C@@H](O)[C@@H]1CF. The Hall–Kier alpha value is -1.29. The Morgan fingerprint density at radius 2 is 2.15 bits per heavy atom. The van der Waals surface area contributed by atoms with Crippen LogP contribution in [0.5, 0.6) is 0 Å². The van der Waals surface area contributed by atoms with Crippen molar-refractivity contribution in [2.24, 2.45) is 5.92 Å². The second-order valence-electron chi connectivity index (χ2n) is 4.77. The van der Waals surface area contributed by atoms with Crippen molar-refractivity contribution in [1.29, 1.82) is 0 Å². The lowest BCUT2D eigenvalue weighted by molar-refractivity contribution is -0.141. The number of ether oxygens (including phenoxy) is 1. The molecule has 5 atom stereocenters. The van der Waals surface area contributed by atoms with E-state index in [4.69, 9.17) is 4.74 Å². The van der Waals surface area contributed by atoms with Crippen LogP contribution in [0.1, 0.15) is 0 Å². The molecule has 1 unspecified atom stereocenters. The third-order valence-electron chi connectivity index (χ3n) is 3.55. The summed E-state index contributed by atoms with van der Waals surface area (Å²) in [5.41, 5.74) is -1.95. The van der Waals surface area contributed by atoms with E-state index in [1.165, 1.54) is 6.08 Å². The number of nitrogens with zero attached hydrogens (tertiary/aromatic N) is 1. The molecule has 2 aliphatic rings. The Bertz CT molecular complexity index is 404. The van der Waals surface area contributed by atoms with Gasteiger partial charge in [-0.1, -0.05) is 0 Å². The fraction of sp³-hybridized carbons (Fsp3) is 0.727. The van der Waals surface area contributed by atoms with Crippen LogP contribution >= 0.6 is 0 Å². The first kappa shape index (κ1) is 15.1. The highest BCUT2D eigenvalue weighted by Gasteiger charge is 2.57. The summed E-state index contributed by atoms with van der Waals surface area (Å²) in [7, 11) is 0. The first-order chi connectivity index (χ1) is 9.49. The first-order valence-electron chi connectivity index (χ1n) is 6.03. The molecule has 0 aromatic carbocycles. The van der Waals surface area contributed by atoms with Crippen molar-refractivity contribution < 1.29 is 33.6 Å². The van der Waals surface area contributed by atoms with E-state index in [0.29, 0.717) is 0 Å². The van der Waals surface area contributed by atoms with Crippen molar-refractivity contribution in [2.45, 2.75) is 24.2 Å². The number of amides is 2. The summed E-state index contributed by atoms with van der Waals surface area (Å²) in [5, 5.41) is 30.5. The van der Waals surface area contributed by atoms with E-state index in [-0.39, 0.29) is 0 Å². The number of urea groups is 1. The molecule has 4 N–H and O–H groups in total. The normalized spacial score (nSPS) is 41.0. The predicted molar refractivity (Wildman–Crippen MR) is 61.7 cm³/mol. The Kier molecular flexibility index (Phi) is 4.23. The molecule has 0 radical (unpaired) electrons. The fourth-order valence-electron chi connectivity index (χ4n) is 2.34. The summed E-state index contributed by atoms with van der Waals surface area (Å²) in [6.45, 7) is -3.13. The van der Waals surface area contributed by atoms with Crippen molar-refractivity contribution in [3.8, 4) is 0 Å². The molecule has 20 heavy (non-hydrogen) atoms. The molecule has 7 nitrogen and oxygen atoms in total. The predicted octanol–water partition coefficient (Wildman–Crippen LogP) is -1.15. The van der Waals surface area contributed by atoms with Crippen LogP contribution < -0.4 is 5.32 Å². The van der Waals surface area contributed by atoms with Gasteiger partial charge in [-0.2, -0.15) is 0 Å². The van der Waals surface area contributed by atoms with Crippen LogP contribution in [-0.4, -0.2) is 70.4 Å². The number of hydrogen-bond donors (Lipinski definition) is 4. The zero-order valence-electron chi connectivity index (χ0n) is 10.4. The van der Waals surface area contributed by atoms with E-state index < -0.39 is 56.1 Å². The fourth-order valence-corrected chi connectivity index (χ4v) is 2.34. The third kappa shape index (κ3) is 2.26. The minimum Gasteiger partial charge on any atom is -0.393 e. The number of carbonyl (C=O) groups is 1. The molecular formula is C11H16F2N2O5. The molecule has 0 aromatic heterocycles. The van der Waals surface area contributed by atoms with Crippen LogP contribution in [-0.2, 0) is 4.74 Å². The summed E-state index contributed by atoms with van der Waals surface area (Å²) >= 11 is 0. The van der Waals surface area contributed by atoms with E-state index in [0.717, 1.165) is 11.1 Å². The Labute approximate surface area is 113 Å². The van der Waals surface area contributed by atoms with E-state index in [2.05, 4.69) is 5.32 Å². The highest BCUT2D eigenvalue weighted by Crippen LogP contribution is 2.38. The van der Waals surface area contributed by atoms with Crippen molar-refractivity contribution in [3.63, 3.8) is 0 Å².